The SMILES string of the molecule is [B]c1cnn2c(NCC3CCCN(C(=O)C4CCc5ccccc5C4)C3)cc(-c3ccccc3O)nc12. The molecule has 1 amide bonds. The Morgan fingerprint density at radius 3 is 2.78 bits per heavy atom. The maximum atomic E-state index is 13.4. The van der Waals surface area contributed by atoms with Crippen LogP contribution in [0.1, 0.15) is 30.4 Å². The van der Waals surface area contributed by atoms with Crippen molar-refractivity contribution in [3.8, 4) is 17.0 Å². The van der Waals surface area contributed by atoms with E-state index in [4.69, 9.17) is 7.85 Å². The summed E-state index contributed by atoms with van der Waals surface area (Å²) in [6, 6.07) is 17.5. The molecule has 0 bridgehead atoms. The molecule has 1 saturated heterocycles. The summed E-state index contributed by atoms with van der Waals surface area (Å²) in [6.07, 6.45) is 6.41. The van der Waals surface area contributed by atoms with Gasteiger partial charge in [0.1, 0.15) is 19.4 Å². The lowest BCUT2D eigenvalue weighted by atomic mass is 9.82. The van der Waals surface area contributed by atoms with E-state index in [1.165, 1.54) is 11.1 Å². The Kier molecular flexibility index (Phi) is 6.32. The molecule has 2 aliphatic rings. The number of aromatic hydroxyl groups is 1. The van der Waals surface area contributed by atoms with Gasteiger partial charge in [-0.1, -0.05) is 36.4 Å². The Morgan fingerprint density at radius 2 is 1.92 bits per heavy atom. The van der Waals surface area contributed by atoms with Crippen LogP contribution < -0.4 is 10.8 Å². The summed E-state index contributed by atoms with van der Waals surface area (Å²) in [5.74, 6) is 1.63. The number of carbonyl (C=O) groups excluding carboxylic acids is 1. The Labute approximate surface area is 217 Å². The number of phenols is 1. The van der Waals surface area contributed by atoms with Crippen molar-refractivity contribution in [2.75, 3.05) is 25.0 Å². The highest BCUT2D eigenvalue weighted by molar-refractivity contribution is 6.36. The van der Waals surface area contributed by atoms with Crippen LogP contribution in [0.15, 0.2) is 60.8 Å². The van der Waals surface area contributed by atoms with Crippen LogP contribution in [-0.4, -0.2) is 58.0 Å². The molecule has 37 heavy (non-hydrogen) atoms. The molecule has 2 aromatic heterocycles. The van der Waals surface area contributed by atoms with Gasteiger partial charge in [0.25, 0.3) is 0 Å². The number of phenolic OH excluding ortho intramolecular Hbond substituents is 1. The van der Waals surface area contributed by atoms with Crippen molar-refractivity contribution in [2.45, 2.75) is 32.1 Å². The molecule has 6 rings (SSSR count). The molecule has 2 N–H and O–H groups in total. The smallest absolute Gasteiger partial charge is 0.226 e. The topological polar surface area (TPSA) is 82.8 Å². The maximum Gasteiger partial charge on any atom is 0.226 e. The molecule has 4 aromatic rings. The molecule has 2 radical (unpaired) electrons. The summed E-state index contributed by atoms with van der Waals surface area (Å²) in [6.45, 7) is 2.29. The van der Waals surface area contributed by atoms with Crippen LogP contribution in [-0.2, 0) is 17.6 Å². The van der Waals surface area contributed by atoms with Crippen LogP contribution in [0.3, 0.4) is 0 Å². The number of aryl methyl sites for hydroxylation is 1. The molecule has 7 nitrogen and oxygen atoms in total. The fourth-order valence-electron chi connectivity index (χ4n) is 5.78. The molecule has 1 aliphatic heterocycles. The molecule has 2 unspecified atom stereocenters. The Morgan fingerprint density at radius 1 is 1.11 bits per heavy atom. The van der Waals surface area contributed by atoms with Gasteiger partial charge < -0.3 is 15.3 Å². The molecule has 186 valence electrons. The Balaban J connectivity index is 1.16. The van der Waals surface area contributed by atoms with E-state index >= 15 is 0 Å². The molecule has 3 heterocycles. The number of aromatic nitrogens is 3. The molecule has 8 heteroatoms. The predicted octanol–water partition coefficient (Wildman–Crippen LogP) is 3.35. The zero-order valence-corrected chi connectivity index (χ0v) is 20.8. The minimum Gasteiger partial charge on any atom is -0.507 e. The number of benzene rings is 2. The van der Waals surface area contributed by atoms with Crippen molar-refractivity contribution in [3.63, 3.8) is 0 Å². The summed E-state index contributed by atoms with van der Waals surface area (Å²) in [5, 5.41) is 18.3. The quantitative estimate of drug-likeness (QED) is 0.419. The number of hydrogen-bond donors (Lipinski definition) is 2. The number of para-hydroxylation sites is 1. The number of anilines is 1. The average Bonchev–Trinajstić information content (AvgIpc) is 3.32. The summed E-state index contributed by atoms with van der Waals surface area (Å²) >= 11 is 0. The van der Waals surface area contributed by atoms with Gasteiger partial charge in [-0.25, -0.2) is 4.98 Å². The number of likely N-dealkylation sites (tertiary alicyclic amines) is 1. The second-order valence-corrected chi connectivity index (χ2v) is 10.3. The van der Waals surface area contributed by atoms with Gasteiger partial charge in [0.2, 0.25) is 5.91 Å². The number of piperidine rings is 1. The number of nitrogens with one attached hydrogen (secondary N) is 1. The number of hydrogen-bond acceptors (Lipinski definition) is 5. The lowest BCUT2D eigenvalue weighted by Gasteiger charge is -2.36. The van der Waals surface area contributed by atoms with Gasteiger partial charge in [-0.2, -0.15) is 9.61 Å². The van der Waals surface area contributed by atoms with Gasteiger partial charge >= 0.3 is 0 Å². The summed E-state index contributed by atoms with van der Waals surface area (Å²) in [7, 11) is 6.14. The lowest BCUT2D eigenvalue weighted by molar-refractivity contribution is -0.137. The van der Waals surface area contributed by atoms with Crippen LogP contribution in [0.25, 0.3) is 16.9 Å². The zero-order valence-electron chi connectivity index (χ0n) is 20.8. The highest BCUT2D eigenvalue weighted by Crippen LogP contribution is 2.31. The third kappa shape index (κ3) is 4.68. The van der Waals surface area contributed by atoms with Crippen molar-refractivity contribution in [1.82, 2.24) is 19.5 Å². The minimum atomic E-state index is 0.0783. The summed E-state index contributed by atoms with van der Waals surface area (Å²) < 4.78 is 1.70. The Hall–Kier alpha value is -3.81. The third-order valence-corrected chi connectivity index (χ3v) is 7.78. The van der Waals surface area contributed by atoms with Crippen molar-refractivity contribution in [3.05, 3.63) is 71.9 Å². The molecule has 2 aromatic carbocycles. The van der Waals surface area contributed by atoms with Crippen LogP contribution >= 0.6 is 0 Å². The summed E-state index contributed by atoms with van der Waals surface area (Å²) in [5.41, 5.74) is 4.99. The van der Waals surface area contributed by atoms with Gasteiger partial charge in [-0.3, -0.25) is 4.79 Å². The number of rotatable bonds is 5. The Bertz CT molecular complexity index is 1450. The molecule has 0 saturated carbocycles. The zero-order chi connectivity index (χ0) is 25.4. The van der Waals surface area contributed by atoms with Gasteiger partial charge in [0.05, 0.1) is 5.69 Å². The van der Waals surface area contributed by atoms with Crippen molar-refractivity contribution in [1.29, 1.82) is 0 Å². The highest BCUT2D eigenvalue weighted by Gasteiger charge is 2.31. The molecule has 1 fully saturated rings. The fourth-order valence-corrected chi connectivity index (χ4v) is 5.78. The van der Waals surface area contributed by atoms with Crippen LogP contribution in [0.4, 0.5) is 5.82 Å². The van der Waals surface area contributed by atoms with Gasteiger partial charge in [0, 0.05) is 43.4 Å². The minimum absolute atomic E-state index is 0.0783. The second kappa shape index (κ2) is 9.92. The molecule has 2 atom stereocenters. The van der Waals surface area contributed by atoms with Gasteiger partial charge in [-0.05, 0) is 66.7 Å². The largest absolute Gasteiger partial charge is 0.507 e. The van der Waals surface area contributed by atoms with Crippen molar-refractivity contribution >= 4 is 30.7 Å². The maximum absolute atomic E-state index is 13.4. The van der Waals surface area contributed by atoms with E-state index in [1.54, 1.807) is 22.8 Å². The normalized spacial score (nSPS) is 19.5. The van der Waals surface area contributed by atoms with Crippen LogP contribution in [0.5, 0.6) is 5.75 Å². The standard InChI is InChI=1S/C29H30BN5O2/c30-24-17-32-35-27(15-25(33-28(24)35)23-9-3-4-10-26(23)36)31-16-19-6-5-13-34(18-19)29(37)22-12-11-20-7-1-2-8-21(20)14-22/h1-4,7-10,15,17,19,22,31,36H,5-6,11-14,16,18H2. The van der Waals surface area contributed by atoms with E-state index in [9.17, 15) is 9.90 Å². The molecule has 1 aliphatic carbocycles. The molecule has 0 spiro atoms. The predicted molar refractivity (Wildman–Crippen MR) is 145 cm³/mol. The van der Waals surface area contributed by atoms with Crippen molar-refractivity contribution in [2.24, 2.45) is 11.8 Å². The molecular weight excluding hydrogens is 461 g/mol. The fraction of sp³-hybridized carbons (Fsp3) is 0.345. The first-order valence-electron chi connectivity index (χ1n) is 13.1. The first-order valence-corrected chi connectivity index (χ1v) is 13.1. The van der Waals surface area contributed by atoms with E-state index < -0.39 is 0 Å². The number of carbonyl (C=O) groups is 1. The molecular formula is C29H30BN5O2. The van der Waals surface area contributed by atoms with Gasteiger partial charge in [-0.15, -0.1) is 0 Å². The van der Waals surface area contributed by atoms with E-state index in [2.05, 4.69) is 44.6 Å². The van der Waals surface area contributed by atoms with Crippen LogP contribution in [0.2, 0.25) is 0 Å². The lowest BCUT2D eigenvalue weighted by Crippen LogP contribution is -2.45. The van der Waals surface area contributed by atoms with E-state index in [0.29, 0.717) is 40.7 Å². The number of nitrogens with zero attached hydrogens (tertiary/aromatic N) is 4. The van der Waals surface area contributed by atoms with E-state index in [1.807, 2.05) is 18.2 Å². The first kappa shape index (κ1) is 23.6. The number of fused-ring (bicyclic) bond motifs is 2. The van der Waals surface area contributed by atoms with Crippen molar-refractivity contribution < 1.29 is 9.90 Å². The average molecular weight is 491 g/mol. The van der Waals surface area contributed by atoms with E-state index in [-0.39, 0.29) is 11.7 Å². The van der Waals surface area contributed by atoms with Gasteiger partial charge in [0.15, 0.2) is 5.65 Å². The number of amides is 1. The first-order chi connectivity index (χ1) is 18.1. The second-order valence-electron chi connectivity index (χ2n) is 10.3. The van der Waals surface area contributed by atoms with E-state index in [0.717, 1.165) is 51.0 Å². The van der Waals surface area contributed by atoms with Crippen LogP contribution in [0, 0.1) is 11.8 Å². The monoisotopic (exact) mass is 491 g/mol. The third-order valence-electron chi connectivity index (χ3n) is 7.78. The highest BCUT2D eigenvalue weighted by atomic mass is 16.3. The summed E-state index contributed by atoms with van der Waals surface area (Å²) in [4.78, 5) is 20.2.